The standard InChI is InChI=1S/C23H27NO5/c1-27-20-12-11-15(14-21(20)28-2)18-9-4-5-10-19(18)24-22(25)16-7-6-8-17(13-16)23(26)29-3/h6-8,11-14,18-19H,4-5,9-10H2,1-3H3,(H,24,25). The zero-order chi connectivity index (χ0) is 20.8. The minimum absolute atomic E-state index is 0.0103. The Morgan fingerprint density at radius 1 is 0.897 bits per heavy atom. The minimum atomic E-state index is -0.458. The van der Waals surface area contributed by atoms with Crippen LogP contribution in [0.25, 0.3) is 0 Å². The van der Waals surface area contributed by atoms with Crippen molar-refractivity contribution in [3.8, 4) is 11.5 Å². The van der Waals surface area contributed by atoms with E-state index in [0.717, 1.165) is 31.2 Å². The highest BCUT2D eigenvalue weighted by atomic mass is 16.5. The lowest BCUT2D eigenvalue weighted by Gasteiger charge is -2.33. The molecule has 0 radical (unpaired) electrons. The van der Waals surface area contributed by atoms with Crippen molar-refractivity contribution in [1.82, 2.24) is 5.32 Å². The van der Waals surface area contributed by atoms with Crippen molar-refractivity contribution in [3.63, 3.8) is 0 Å². The van der Waals surface area contributed by atoms with Crippen LogP contribution in [0.15, 0.2) is 42.5 Å². The molecule has 0 heterocycles. The van der Waals surface area contributed by atoms with Crippen molar-refractivity contribution in [2.75, 3.05) is 21.3 Å². The molecule has 2 aromatic rings. The highest BCUT2D eigenvalue weighted by Crippen LogP contribution is 2.37. The van der Waals surface area contributed by atoms with E-state index >= 15 is 0 Å². The number of methoxy groups -OCH3 is 3. The second kappa shape index (κ2) is 9.45. The third kappa shape index (κ3) is 4.70. The summed E-state index contributed by atoms with van der Waals surface area (Å²) < 4.78 is 15.5. The Labute approximate surface area is 171 Å². The van der Waals surface area contributed by atoms with Gasteiger partial charge in [0.1, 0.15) is 0 Å². The summed E-state index contributed by atoms with van der Waals surface area (Å²) in [5, 5.41) is 3.17. The summed E-state index contributed by atoms with van der Waals surface area (Å²) in [6.45, 7) is 0. The summed E-state index contributed by atoms with van der Waals surface area (Å²) in [6.07, 6.45) is 4.07. The minimum Gasteiger partial charge on any atom is -0.493 e. The van der Waals surface area contributed by atoms with Gasteiger partial charge in [0.15, 0.2) is 11.5 Å². The topological polar surface area (TPSA) is 73.9 Å². The zero-order valence-corrected chi connectivity index (χ0v) is 17.1. The molecule has 1 amide bonds. The van der Waals surface area contributed by atoms with Crippen LogP contribution in [-0.4, -0.2) is 39.2 Å². The van der Waals surface area contributed by atoms with E-state index in [0.29, 0.717) is 22.6 Å². The van der Waals surface area contributed by atoms with Crippen LogP contribution in [0.2, 0.25) is 0 Å². The van der Waals surface area contributed by atoms with Crippen molar-refractivity contribution < 1.29 is 23.8 Å². The van der Waals surface area contributed by atoms with Crippen molar-refractivity contribution in [1.29, 1.82) is 0 Å². The summed E-state index contributed by atoms with van der Waals surface area (Å²) in [7, 11) is 4.56. The van der Waals surface area contributed by atoms with Gasteiger partial charge in [-0.05, 0) is 48.7 Å². The molecule has 0 aliphatic heterocycles. The third-order valence-corrected chi connectivity index (χ3v) is 5.46. The summed E-state index contributed by atoms with van der Waals surface area (Å²) in [4.78, 5) is 24.6. The van der Waals surface area contributed by atoms with Crippen LogP contribution < -0.4 is 14.8 Å². The summed E-state index contributed by atoms with van der Waals surface area (Å²) in [5.41, 5.74) is 1.93. The quantitative estimate of drug-likeness (QED) is 0.747. The second-order valence-corrected chi connectivity index (χ2v) is 7.16. The maximum Gasteiger partial charge on any atom is 0.337 e. The van der Waals surface area contributed by atoms with Gasteiger partial charge < -0.3 is 19.5 Å². The lowest BCUT2D eigenvalue weighted by molar-refractivity contribution is 0.0600. The average molecular weight is 397 g/mol. The average Bonchev–Trinajstić information content (AvgIpc) is 2.78. The molecule has 1 N–H and O–H groups in total. The number of esters is 1. The van der Waals surface area contributed by atoms with E-state index in [9.17, 15) is 9.59 Å². The van der Waals surface area contributed by atoms with Gasteiger partial charge in [-0.15, -0.1) is 0 Å². The fraction of sp³-hybridized carbons (Fsp3) is 0.391. The number of amides is 1. The van der Waals surface area contributed by atoms with Crippen LogP contribution in [0, 0.1) is 0 Å². The molecule has 6 nitrogen and oxygen atoms in total. The fourth-order valence-electron chi connectivity index (χ4n) is 3.94. The van der Waals surface area contributed by atoms with Gasteiger partial charge in [-0.3, -0.25) is 4.79 Å². The molecular weight excluding hydrogens is 370 g/mol. The summed E-state index contributed by atoms with van der Waals surface area (Å²) in [5.74, 6) is 0.920. The van der Waals surface area contributed by atoms with Gasteiger partial charge in [0, 0.05) is 17.5 Å². The predicted molar refractivity (Wildman–Crippen MR) is 110 cm³/mol. The van der Waals surface area contributed by atoms with Crippen LogP contribution in [-0.2, 0) is 4.74 Å². The van der Waals surface area contributed by atoms with Gasteiger partial charge in [-0.25, -0.2) is 4.79 Å². The van der Waals surface area contributed by atoms with E-state index in [-0.39, 0.29) is 17.9 Å². The Balaban J connectivity index is 1.80. The normalized spacial score (nSPS) is 18.6. The molecular formula is C23H27NO5. The predicted octanol–water partition coefficient (Wildman–Crippen LogP) is 3.95. The molecule has 6 heteroatoms. The Morgan fingerprint density at radius 3 is 2.34 bits per heavy atom. The number of nitrogens with one attached hydrogen (secondary N) is 1. The number of carbonyl (C=O) groups excluding carboxylic acids is 2. The highest BCUT2D eigenvalue weighted by molar-refractivity contribution is 5.98. The molecule has 0 aromatic heterocycles. The largest absolute Gasteiger partial charge is 0.493 e. The third-order valence-electron chi connectivity index (χ3n) is 5.46. The molecule has 0 saturated heterocycles. The lowest BCUT2D eigenvalue weighted by Crippen LogP contribution is -2.41. The molecule has 1 saturated carbocycles. The smallest absolute Gasteiger partial charge is 0.337 e. The van der Waals surface area contributed by atoms with E-state index in [1.807, 2.05) is 18.2 Å². The van der Waals surface area contributed by atoms with Gasteiger partial charge in [0.2, 0.25) is 0 Å². The SMILES string of the molecule is COC(=O)c1cccc(C(=O)NC2CCCCC2c2ccc(OC)c(OC)c2)c1. The first kappa shape index (κ1) is 20.7. The maximum atomic E-state index is 12.9. The van der Waals surface area contributed by atoms with Crippen LogP contribution in [0.4, 0.5) is 0 Å². The first-order valence-corrected chi connectivity index (χ1v) is 9.78. The van der Waals surface area contributed by atoms with Crippen LogP contribution in [0.3, 0.4) is 0 Å². The van der Waals surface area contributed by atoms with Crippen LogP contribution in [0.5, 0.6) is 11.5 Å². The van der Waals surface area contributed by atoms with Gasteiger partial charge in [0.25, 0.3) is 5.91 Å². The monoisotopic (exact) mass is 397 g/mol. The Kier molecular flexibility index (Phi) is 6.75. The maximum absolute atomic E-state index is 12.9. The first-order chi connectivity index (χ1) is 14.1. The second-order valence-electron chi connectivity index (χ2n) is 7.16. The molecule has 0 bridgehead atoms. The number of rotatable bonds is 6. The molecule has 29 heavy (non-hydrogen) atoms. The van der Waals surface area contributed by atoms with Gasteiger partial charge in [-0.1, -0.05) is 25.0 Å². The van der Waals surface area contributed by atoms with Crippen LogP contribution in [0.1, 0.15) is 57.9 Å². The van der Waals surface area contributed by atoms with E-state index in [4.69, 9.17) is 14.2 Å². The zero-order valence-electron chi connectivity index (χ0n) is 17.1. The lowest BCUT2D eigenvalue weighted by atomic mass is 9.79. The number of ether oxygens (including phenoxy) is 3. The highest BCUT2D eigenvalue weighted by Gasteiger charge is 2.29. The molecule has 154 valence electrons. The van der Waals surface area contributed by atoms with E-state index in [1.165, 1.54) is 7.11 Å². The van der Waals surface area contributed by atoms with Gasteiger partial charge in [0.05, 0.1) is 26.9 Å². The molecule has 1 aliphatic carbocycles. The van der Waals surface area contributed by atoms with E-state index < -0.39 is 5.97 Å². The molecule has 3 rings (SSSR count). The van der Waals surface area contributed by atoms with Crippen molar-refractivity contribution in [3.05, 3.63) is 59.2 Å². The number of carbonyl (C=O) groups is 2. The Morgan fingerprint density at radius 2 is 1.62 bits per heavy atom. The van der Waals surface area contributed by atoms with E-state index in [2.05, 4.69) is 5.32 Å². The van der Waals surface area contributed by atoms with Gasteiger partial charge >= 0.3 is 5.97 Å². The Hall–Kier alpha value is -3.02. The fourth-order valence-corrected chi connectivity index (χ4v) is 3.94. The van der Waals surface area contributed by atoms with Crippen molar-refractivity contribution in [2.45, 2.75) is 37.6 Å². The van der Waals surface area contributed by atoms with Crippen molar-refractivity contribution in [2.24, 2.45) is 0 Å². The molecule has 1 aliphatic rings. The Bertz CT molecular complexity index is 879. The number of hydrogen-bond acceptors (Lipinski definition) is 5. The summed E-state index contributed by atoms with van der Waals surface area (Å²) in [6, 6.07) is 12.5. The van der Waals surface area contributed by atoms with E-state index in [1.54, 1.807) is 38.5 Å². The molecule has 2 unspecified atom stereocenters. The molecule has 2 atom stereocenters. The van der Waals surface area contributed by atoms with Crippen molar-refractivity contribution >= 4 is 11.9 Å². The molecule has 2 aromatic carbocycles. The number of benzene rings is 2. The molecule has 0 spiro atoms. The first-order valence-electron chi connectivity index (χ1n) is 9.78. The summed E-state index contributed by atoms with van der Waals surface area (Å²) >= 11 is 0. The molecule has 1 fully saturated rings. The van der Waals surface area contributed by atoms with Crippen LogP contribution >= 0.6 is 0 Å². The van der Waals surface area contributed by atoms with Gasteiger partial charge in [-0.2, -0.15) is 0 Å². The number of hydrogen-bond donors (Lipinski definition) is 1.